The van der Waals surface area contributed by atoms with Crippen LogP contribution >= 0.6 is 23.4 Å². The number of rotatable bonds is 12. The Hall–Kier alpha value is -2.03. The first-order valence-corrected chi connectivity index (χ1v) is 14.2. The zero-order valence-electron chi connectivity index (χ0n) is 21.7. The predicted molar refractivity (Wildman–Crippen MR) is 151 cm³/mol. The number of piperidine rings is 1. The molecule has 0 saturated carbocycles. The van der Waals surface area contributed by atoms with Crippen LogP contribution in [0.5, 0.6) is 11.5 Å². The molecule has 1 saturated heterocycles. The van der Waals surface area contributed by atoms with Crippen LogP contribution in [0.25, 0.3) is 10.9 Å². The van der Waals surface area contributed by atoms with Gasteiger partial charge in [0.2, 0.25) is 0 Å². The SMILES string of the molecule is COc1ccc2ncc(Cl)c([C@@H](O)CCC3(CO)CCN(CCCSc4ccccc4OC)CC3)c2c1. The summed E-state index contributed by atoms with van der Waals surface area (Å²) in [6.45, 7) is 3.11. The molecule has 8 heteroatoms. The van der Waals surface area contributed by atoms with Crippen LogP contribution in [0.4, 0.5) is 0 Å². The zero-order chi connectivity index (χ0) is 26.3. The van der Waals surface area contributed by atoms with Crippen molar-refractivity contribution in [3.63, 3.8) is 0 Å². The maximum absolute atomic E-state index is 11.2. The third-order valence-electron chi connectivity index (χ3n) is 7.55. The lowest BCUT2D eigenvalue weighted by molar-refractivity contribution is 0.0238. The number of aliphatic hydroxyl groups excluding tert-OH is 2. The lowest BCUT2D eigenvalue weighted by Gasteiger charge is -2.41. The fourth-order valence-electron chi connectivity index (χ4n) is 5.17. The maximum atomic E-state index is 11.2. The van der Waals surface area contributed by atoms with Gasteiger partial charge in [-0.25, -0.2) is 0 Å². The van der Waals surface area contributed by atoms with E-state index < -0.39 is 6.10 Å². The van der Waals surface area contributed by atoms with Gasteiger partial charge < -0.3 is 24.6 Å². The fraction of sp³-hybridized carbons (Fsp3) is 0.483. The number of hydrogen-bond acceptors (Lipinski definition) is 7. The summed E-state index contributed by atoms with van der Waals surface area (Å²) in [5.74, 6) is 2.67. The molecule has 37 heavy (non-hydrogen) atoms. The van der Waals surface area contributed by atoms with Gasteiger partial charge in [0.1, 0.15) is 11.5 Å². The summed E-state index contributed by atoms with van der Waals surface area (Å²) in [6, 6.07) is 13.7. The second-order valence-corrected chi connectivity index (χ2v) is 11.4. The number of aromatic nitrogens is 1. The van der Waals surface area contributed by atoms with Crippen molar-refractivity contribution in [3.8, 4) is 11.5 Å². The van der Waals surface area contributed by atoms with Gasteiger partial charge in [-0.05, 0) is 93.2 Å². The number of aliphatic hydroxyl groups is 2. The summed E-state index contributed by atoms with van der Waals surface area (Å²) in [5.41, 5.74) is 1.29. The molecule has 1 fully saturated rings. The molecule has 6 nitrogen and oxygen atoms in total. The van der Waals surface area contributed by atoms with Crippen LogP contribution in [0.2, 0.25) is 5.02 Å². The summed E-state index contributed by atoms with van der Waals surface area (Å²) < 4.78 is 10.8. The summed E-state index contributed by atoms with van der Waals surface area (Å²) in [6.07, 6.45) is 5.09. The first kappa shape index (κ1) is 28.0. The Labute approximate surface area is 228 Å². The third kappa shape index (κ3) is 6.89. The molecule has 1 aliphatic heterocycles. The Balaban J connectivity index is 1.29. The largest absolute Gasteiger partial charge is 0.497 e. The van der Waals surface area contributed by atoms with Crippen LogP contribution in [-0.4, -0.2) is 66.3 Å². The Morgan fingerprint density at radius 1 is 1.14 bits per heavy atom. The minimum absolute atomic E-state index is 0.135. The Kier molecular flexibility index (Phi) is 9.96. The fourth-order valence-corrected chi connectivity index (χ4v) is 6.41. The number of para-hydroxylation sites is 1. The topological polar surface area (TPSA) is 75.0 Å². The van der Waals surface area contributed by atoms with Gasteiger partial charge in [0, 0.05) is 28.6 Å². The van der Waals surface area contributed by atoms with Gasteiger partial charge in [0.05, 0.1) is 30.9 Å². The van der Waals surface area contributed by atoms with Crippen LogP contribution in [0, 0.1) is 5.41 Å². The lowest BCUT2D eigenvalue weighted by atomic mass is 9.74. The minimum Gasteiger partial charge on any atom is -0.497 e. The van der Waals surface area contributed by atoms with Crippen molar-refractivity contribution < 1.29 is 19.7 Å². The number of ether oxygens (including phenoxy) is 2. The van der Waals surface area contributed by atoms with Crippen LogP contribution < -0.4 is 9.47 Å². The molecule has 0 amide bonds. The van der Waals surface area contributed by atoms with Crippen molar-refractivity contribution in [2.75, 3.05) is 46.2 Å². The van der Waals surface area contributed by atoms with Gasteiger partial charge in [-0.3, -0.25) is 4.98 Å². The molecule has 0 unspecified atom stereocenters. The number of pyridine rings is 1. The average Bonchev–Trinajstić information content (AvgIpc) is 2.94. The number of benzene rings is 2. The van der Waals surface area contributed by atoms with Crippen molar-refractivity contribution in [2.45, 2.75) is 43.1 Å². The number of thioether (sulfide) groups is 1. The summed E-state index contributed by atoms with van der Waals surface area (Å²) in [5, 5.41) is 22.8. The molecule has 2 N–H and O–H groups in total. The summed E-state index contributed by atoms with van der Waals surface area (Å²) >= 11 is 8.33. The van der Waals surface area contributed by atoms with E-state index in [9.17, 15) is 10.2 Å². The lowest BCUT2D eigenvalue weighted by Crippen LogP contribution is -2.42. The Bertz CT molecular complexity index is 1170. The van der Waals surface area contributed by atoms with E-state index in [1.54, 1.807) is 20.4 Å². The van der Waals surface area contributed by atoms with E-state index in [4.69, 9.17) is 21.1 Å². The number of fused-ring (bicyclic) bond motifs is 1. The molecule has 1 aliphatic rings. The molecule has 4 rings (SSSR count). The monoisotopic (exact) mass is 544 g/mol. The molecule has 0 bridgehead atoms. The van der Waals surface area contributed by atoms with Gasteiger partial charge in [0.15, 0.2) is 0 Å². The zero-order valence-corrected chi connectivity index (χ0v) is 23.2. The second-order valence-electron chi connectivity index (χ2n) is 9.81. The van der Waals surface area contributed by atoms with Crippen molar-refractivity contribution in [3.05, 3.63) is 59.2 Å². The Morgan fingerprint density at radius 2 is 1.92 bits per heavy atom. The Morgan fingerprint density at radius 3 is 2.65 bits per heavy atom. The van der Waals surface area contributed by atoms with Crippen molar-refractivity contribution >= 4 is 34.3 Å². The van der Waals surface area contributed by atoms with E-state index in [0.717, 1.165) is 67.7 Å². The highest BCUT2D eigenvalue weighted by molar-refractivity contribution is 7.99. The van der Waals surface area contributed by atoms with E-state index in [-0.39, 0.29) is 12.0 Å². The van der Waals surface area contributed by atoms with Gasteiger partial charge in [-0.2, -0.15) is 0 Å². The van der Waals surface area contributed by atoms with Crippen molar-refractivity contribution in [1.82, 2.24) is 9.88 Å². The molecule has 0 radical (unpaired) electrons. The van der Waals surface area contributed by atoms with Crippen molar-refractivity contribution in [2.24, 2.45) is 5.41 Å². The van der Waals surface area contributed by atoms with Gasteiger partial charge in [-0.1, -0.05) is 23.7 Å². The quantitative estimate of drug-likeness (QED) is 0.215. The van der Waals surface area contributed by atoms with E-state index in [2.05, 4.69) is 16.0 Å². The minimum atomic E-state index is -0.737. The molecular weight excluding hydrogens is 508 g/mol. The molecule has 0 spiro atoms. The van der Waals surface area contributed by atoms with E-state index in [1.165, 1.54) is 4.90 Å². The molecule has 3 aromatic rings. The molecule has 2 aromatic carbocycles. The molecule has 0 aliphatic carbocycles. The highest BCUT2D eigenvalue weighted by Gasteiger charge is 2.34. The smallest absolute Gasteiger partial charge is 0.132 e. The van der Waals surface area contributed by atoms with Crippen LogP contribution in [-0.2, 0) is 0 Å². The molecule has 2 heterocycles. The number of halogens is 1. The number of methoxy groups -OCH3 is 2. The normalized spacial score (nSPS) is 16.6. The summed E-state index contributed by atoms with van der Waals surface area (Å²) in [4.78, 5) is 8.07. The number of likely N-dealkylation sites (tertiary alicyclic amines) is 1. The average molecular weight is 545 g/mol. The number of hydrogen-bond donors (Lipinski definition) is 2. The van der Waals surface area contributed by atoms with E-state index >= 15 is 0 Å². The van der Waals surface area contributed by atoms with Crippen LogP contribution in [0.1, 0.15) is 43.8 Å². The maximum Gasteiger partial charge on any atom is 0.132 e. The van der Waals surface area contributed by atoms with Crippen LogP contribution in [0.3, 0.4) is 0 Å². The number of nitrogens with zero attached hydrogens (tertiary/aromatic N) is 2. The molecule has 1 aromatic heterocycles. The van der Waals surface area contributed by atoms with Gasteiger partial charge in [-0.15, -0.1) is 11.8 Å². The molecular formula is C29H37ClN2O4S. The van der Waals surface area contributed by atoms with Crippen molar-refractivity contribution in [1.29, 1.82) is 0 Å². The third-order valence-corrected chi connectivity index (χ3v) is 8.99. The predicted octanol–water partition coefficient (Wildman–Crippen LogP) is 5.98. The first-order chi connectivity index (χ1) is 18.0. The standard InChI is InChI=1S/C29H37ClN2O4S/c1-35-21-8-9-24-22(18-21)28(23(30)19-31-24)25(34)10-11-29(20-33)12-15-32(16-13-29)14-5-17-37-27-7-4-3-6-26(27)36-2/h3-4,6-9,18-19,25,33-34H,5,10-17,20H2,1-2H3/t25-/m0/s1. The second kappa shape index (κ2) is 13.2. The van der Waals surface area contributed by atoms with E-state index in [0.29, 0.717) is 22.8 Å². The first-order valence-electron chi connectivity index (χ1n) is 12.9. The van der Waals surface area contributed by atoms with Gasteiger partial charge >= 0.3 is 0 Å². The van der Waals surface area contributed by atoms with Crippen LogP contribution in [0.15, 0.2) is 53.6 Å². The highest BCUT2D eigenvalue weighted by Crippen LogP contribution is 2.40. The van der Waals surface area contributed by atoms with Gasteiger partial charge in [0.25, 0.3) is 0 Å². The summed E-state index contributed by atoms with van der Waals surface area (Å²) in [7, 11) is 3.33. The van der Waals surface area contributed by atoms with E-state index in [1.807, 2.05) is 48.2 Å². The highest BCUT2D eigenvalue weighted by atomic mass is 35.5. The molecule has 200 valence electrons. The molecule has 1 atom stereocenters.